The highest BCUT2D eigenvalue weighted by molar-refractivity contribution is 5.75. The molecule has 4 aromatic carbocycles. The number of hydrogen-bond acceptors (Lipinski definition) is 0. The summed E-state index contributed by atoms with van der Waals surface area (Å²) in [5.74, 6) is 1.13. The van der Waals surface area contributed by atoms with Gasteiger partial charge in [-0.1, -0.05) is 73.7 Å². The summed E-state index contributed by atoms with van der Waals surface area (Å²) >= 11 is 0. The van der Waals surface area contributed by atoms with E-state index in [9.17, 15) is 0 Å². The molecule has 5 rings (SSSR count). The first-order valence-electron chi connectivity index (χ1n) is 17.5. The number of aryl methyl sites for hydroxylation is 8. The molecular formula is C46H56. The lowest BCUT2D eigenvalue weighted by atomic mass is 9.81. The van der Waals surface area contributed by atoms with Crippen molar-refractivity contribution in [1.82, 2.24) is 0 Å². The second kappa shape index (κ2) is 14.0. The summed E-state index contributed by atoms with van der Waals surface area (Å²) in [4.78, 5) is 0. The van der Waals surface area contributed by atoms with Crippen LogP contribution in [0.15, 0.2) is 66.8 Å². The lowest BCUT2D eigenvalue weighted by molar-refractivity contribution is 0.472. The van der Waals surface area contributed by atoms with Gasteiger partial charge in [-0.25, -0.2) is 0 Å². The molecule has 0 heterocycles. The molecule has 0 amide bonds. The Bertz CT molecular complexity index is 1780. The summed E-state index contributed by atoms with van der Waals surface area (Å²) in [7, 11) is 0. The number of allylic oxidation sites excluding steroid dienone is 4. The molecule has 0 saturated carbocycles. The van der Waals surface area contributed by atoms with Crippen LogP contribution in [0.25, 0.3) is 5.57 Å². The summed E-state index contributed by atoms with van der Waals surface area (Å²) in [6.45, 7) is 25.1. The van der Waals surface area contributed by atoms with Gasteiger partial charge >= 0.3 is 0 Å². The average molecular weight is 609 g/mol. The van der Waals surface area contributed by atoms with Crippen LogP contribution in [0.3, 0.4) is 0 Å². The number of rotatable bonds is 9. The minimum atomic E-state index is 0.546. The summed E-state index contributed by atoms with van der Waals surface area (Å²) < 4.78 is 0. The van der Waals surface area contributed by atoms with E-state index in [1.165, 1.54) is 101 Å². The van der Waals surface area contributed by atoms with Gasteiger partial charge in [-0.15, -0.1) is 0 Å². The minimum Gasteiger partial charge on any atom is -0.0802 e. The SMILES string of the molecule is Cc1ccc(C2=CC(C)C(CCc3c(C)cc(Cc4cc(C)c(CCc5c(C)cc(C)c(C)c5C)c(C)c4)cc3C)C=C2)cc1C. The third-order valence-corrected chi connectivity index (χ3v) is 11.3. The zero-order valence-corrected chi connectivity index (χ0v) is 30.5. The summed E-state index contributed by atoms with van der Waals surface area (Å²) in [6.07, 6.45) is 12.8. The van der Waals surface area contributed by atoms with Crippen LogP contribution in [-0.2, 0) is 25.7 Å². The maximum Gasteiger partial charge on any atom is -0.00254 e. The molecule has 2 unspecified atom stereocenters. The summed E-state index contributed by atoms with van der Waals surface area (Å²) in [6, 6.07) is 19.0. The van der Waals surface area contributed by atoms with Gasteiger partial charge in [0.15, 0.2) is 0 Å². The highest BCUT2D eigenvalue weighted by Gasteiger charge is 2.19. The lowest BCUT2D eigenvalue weighted by Crippen LogP contribution is -2.12. The van der Waals surface area contributed by atoms with E-state index in [2.05, 4.69) is 143 Å². The van der Waals surface area contributed by atoms with Gasteiger partial charge in [0.2, 0.25) is 0 Å². The molecule has 0 bridgehead atoms. The fourth-order valence-corrected chi connectivity index (χ4v) is 8.02. The first-order chi connectivity index (χ1) is 21.8. The van der Waals surface area contributed by atoms with Crippen molar-refractivity contribution >= 4 is 5.57 Å². The first-order valence-corrected chi connectivity index (χ1v) is 17.5. The second-order valence-electron chi connectivity index (χ2n) is 14.7. The molecule has 2 atom stereocenters. The van der Waals surface area contributed by atoms with Crippen LogP contribution in [0.2, 0.25) is 0 Å². The Kier molecular flexibility index (Phi) is 10.3. The van der Waals surface area contributed by atoms with Crippen molar-refractivity contribution in [1.29, 1.82) is 0 Å². The van der Waals surface area contributed by atoms with E-state index in [1.54, 1.807) is 0 Å². The third-order valence-electron chi connectivity index (χ3n) is 11.3. The van der Waals surface area contributed by atoms with Crippen molar-refractivity contribution in [2.24, 2.45) is 11.8 Å². The fraction of sp³-hybridized carbons (Fsp3) is 0.391. The molecule has 0 heteroatoms. The second-order valence-corrected chi connectivity index (χ2v) is 14.7. The smallest absolute Gasteiger partial charge is 0.00254 e. The van der Waals surface area contributed by atoms with Gasteiger partial charge < -0.3 is 0 Å². The van der Waals surface area contributed by atoms with Gasteiger partial charge in [0.05, 0.1) is 0 Å². The van der Waals surface area contributed by atoms with E-state index in [1.807, 2.05) is 0 Å². The highest BCUT2D eigenvalue weighted by Crippen LogP contribution is 2.33. The Morgan fingerprint density at radius 1 is 0.500 bits per heavy atom. The van der Waals surface area contributed by atoms with Crippen molar-refractivity contribution in [3.8, 4) is 0 Å². The Balaban J connectivity index is 1.23. The predicted octanol–water partition coefficient (Wildman–Crippen LogP) is 12.0. The van der Waals surface area contributed by atoms with Gasteiger partial charge in [-0.2, -0.15) is 0 Å². The van der Waals surface area contributed by atoms with E-state index < -0.39 is 0 Å². The monoisotopic (exact) mass is 608 g/mol. The maximum absolute atomic E-state index is 2.48. The molecule has 0 spiro atoms. The zero-order valence-electron chi connectivity index (χ0n) is 30.5. The predicted molar refractivity (Wildman–Crippen MR) is 201 cm³/mol. The molecule has 1 aliphatic carbocycles. The van der Waals surface area contributed by atoms with E-state index >= 15 is 0 Å². The Labute approximate surface area is 280 Å². The van der Waals surface area contributed by atoms with E-state index in [-0.39, 0.29) is 0 Å². The molecule has 0 fully saturated rings. The van der Waals surface area contributed by atoms with Crippen LogP contribution < -0.4 is 0 Å². The number of benzene rings is 4. The van der Waals surface area contributed by atoms with Crippen LogP contribution in [0.1, 0.15) is 102 Å². The zero-order chi connectivity index (χ0) is 33.3. The molecule has 46 heavy (non-hydrogen) atoms. The Morgan fingerprint density at radius 2 is 1.04 bits per heavy atom. The normalized spacial score (nSPS) is 16.2. The quantitative estimate of drug-likeness (QED) is 0.177. The molecule has 4 aromatic rings. The van der Waals surface area contributed by atoms with Crippen LogP contribution in [-0.4, -0.2) is 0 Å². The van der Waals surface area contributed by atoms with E-state index in [4.69, 9.17) is 0 Å². The molecule has 0 aliphatic heterocycles. The largest absolute Gasteiger partial charge is 0.0802 e. The van der Waals surface area contributed by atoms with E-state index in [0.717, 1.165) is 25.7 Å². The van der Waals surface area contributed by atoms with Crippen LogP contribution in [0.4, 0.5) is 0 Å². The molecule has 1 aliphatic rings. The van der Waals surface area contributed by atoms with Crippen molar-refractivity contribution in [3.05, 3.63) is 156 Å². The Morgan fingerprint density at radius 3 is 1.61 bits per heavy atom. The molecular weight excluding hydrogens is 553 g/mol. The summed E-state index contributed by atoms with van der Waals surface area (Å²) in [5.41, 5.74) is 24.4. The van der Waals surface area contributed by atoms with Crippen molar-refractivity contribution in [3.63, 3.8) is 0 Å². The maximum atomic E-state index is 2.48. The van der Waals surface area contributed by atoms with Gasteiger partial charge in [0.25, 0.3) is 0 Å². The van der Waals surface area contributed by atoms with Crippen molar-refractivity contribution < 1.29 is 0 Å². The molecule has 0 saturated heterocycles. The summed E-state index contributed by atoms with van der Waals surface area (Å²) in [5, 5.41) is 0. The van der Waals surface area contributed by atoms with Gasteiger partial charge in [-0.3, -0.25) is 0 Å². The molecule has 0 nitrogen and oxygen atoms in total. The number of hydrogen-bond donors (Lipinski definition) is 0. The van der Waals surface area contributed by atoms with E-state index in [0.29, 0.717) is 11.8 Å². The topological polar surface area (TPSA) is 0 Å². The average Bonchev–Trinajstić information content (AvgIpc) is 2.98. The lowest BCUT2D eigenvalue weighted by Gasteiger charge is -2.24. The van der Waals surface area contributed by atoms with Crippen LogP contribution in [0, 0.1) is 81.1 Å². The third kappa shape index (κ3) is 7.33. The molecule has 0 aromatic heterocycles. The van der Waals surface area contributed by atoms with Crippen LogP contribution >= 0.6 is 0 Å². The fourth-order valence-electron chi connectivity index (χ4n) is 8.02. The van der Waals surface area contributed by atoms with Crippen molar-refractivity contribution in [2.45, 2.75) is 108 Å². The molecule has 240 valence electrons. The standard InChI is InChI=1S/C46H56/c1-28-12-13-42(25-29(28)2)43-15-14-41(31(4)26-43)16-17-44-33(6)21-39(22-34(44)7)27-40-23-35(8)45(36(9)24-40)18-19-46-32(5)20-30(3)37(10)38(46)11/h12-15,20-26,31,41H,16-19,27H2,1-11H3. The molecule has 0 N–H and O–H groups in total. The van der Waals surface area contributed by atoms with Gasteiger partial charge in [0, 0.05) is 0 Å². The first kappa shape index (κ1) is 33.7. The minimum absolute atomic E-state index is 0.546. The Hall–Kier alpha value is -3.64. The van der Waals surface area contributed by atoms with Crippen molar-refractivity contribution in [2.75, 3.05) is 0 Å². The van der Waals surface area contributed by atoms with Gasteiger partial charge in [-0.05, 0) is 208 Å². The molecule has 0 radical (unpaired) electrons. The van der Waals surface area contributed by atoms with Gasteiger partial charge in [0.1, 0.15) is 0 Å². The highest BCUT2D eigenvalue weighted by atomic mass is 14.2. The van der Waals surface area contributed by atoms with Crippen LogP contribution in [0.5, 0.6) is 0 Å².